The summed E-state index contributed by atoms with van der Waals surface area (Å²) in [7, 11) is 0. The number of halogens is 5. The first-order valence-corrected chi connectivity index (χ1v) is 6.22. The van der Waals surface area contributed by atoms with Gasteiger partial charge in [-0.1, -0.05) is 30.3 Å². The molecule has 0 radical (unpaired) electrons. The van der Waals surface area contributed by atoms with E-state index < -0.39 is 29.0 Å². The van der Waals surface area contributed by atoms with Crippen LogP contribution in [-0.2, 0) is 5.60 Å². The normalized spacial score (nSPS) is 15.0. The molecule has 0 saturated carbocycles. The lowest BCUT2D eigenvalue weighted by Gasteiger charge is -2.28. The molecule has 1 nitrogen and oxygen atoms in total. The van der Waals surface area contributed by atoms with E-state index in [0.717, 1.165) is 42.5 Å². The molecule has 0 aliphatic carbocycles. The molecule has 0 amide bonds. The second kappa shape index (κ2) is 5.88. The van der Waals surface area contributed by atoms with E-state index in [0.29, 0.717) is 6.08 Å². The van der Waals surface area contributed by atoms with Gasteiger partial charge in [0.15, 0.2) is 0 Å². The number of benzene rings is 2. The lowest BCUT2D eigenvalue weighted by molar-refractivity contribution is -0.244. The SMILES string of the molecule is OC(C=Cc1ccc(F)cc1)(c1ccc(F)cc1)C(F)(F)F. The Labute approximate surface area is 123 Å². The van der Waals surface area contributed by atoms with Crippen molar-refractivity contribution < 1.29 is 27.1 Å². The van der Waals surface area contributed by atoms with Gasteiger partial charge in [0.1, 0.15) is 11.6 Å². The van der Waals surface area contributed by atoms with E-state index in [1.807, 2.05) is 0 Å². The van der Waals surface area contributed by atoms with E-state index in [2.05, 4.69) is 0 Å². The van der Waals surface area contributed by atoms with Crippen LogP contribution in [0.1, 0.15) is 11.1 Å². The van der Waals surface area contributed by atoms with E-state index >= 15 is 0 Å². The van der Waals surface area contributed by atoms with Crippen LogP contribution in [0.4, 0.5) is 22.0 Å². The van der Waals surface area contributed by atoms with Crippen molar-refractivity contribution >= 4 is 6.08 Å². The average Bonchev–Trinajstić information content (AvgIpc) is 2.46. The third-order valence-electron chi connectivity index (χ3n) is 3.10. The fourth-order valence-electron chi connectivity index (χ4n) is 1.85. The van der Waals surface area contributed by atoms with Gasteiger partial charge in [-0.05, 0) is 41.5 Å². The minimum Gasteiger partial charge on any atom is -0.373 e. The molecule has 0 heterocycles. The fourth-order valence-corrected chi connectivity index (χ4v) is 1.85. The zero-order valence-electron chi connectivity index (χ0n) is 11.1. The molecular formula is C16H11F5O. The molecule has 116 valence electrons. The summed E-state index contributed by atoms with van der Waals surface area (Å²) in [5.74, 6) is -1.24. The van der Waals surface area contributed by atoms with Crippen LogP contribution in [0.25, 0.3) is 6.08 Å². The third-order valence-corrected chi connectivity index (χ3v) is 3.10. The van der Waals surface area contributed by atoms with Gasteiger partial charge < -0.3 is 5.11 Å². The Balaban J connectivity index is 2.42. The molecule has 0 fully saturated rings. The highest BCUT2D eigenvalue weighted by Crippen LogP contribution is 2.40. The number of alkyl halides is 3. The molecule has 2 aromatic carbocycles. The summed E-state index contributed by atoms with van der Waals surface area (Å²) in [5, 5.41) is 10.0. The molecule has 1 unspecified atom stereocenters. The van der Waals surface area contributed by atoms with Gasteiger partial charge in [-0.15, -0.1) is 0 Å². The van der Waals surface area contributed by atoms with Gasteiger partial charge in [0.2, 0.25) is 5.60 Å². The van der Waals surface area contributed by atoms with Crippen molar-refractivity contribution in [3.05, 3.63) is 77.4 Å². The summed E-state index contributed by atoms with van der Waals surface area (Å²) in [6, 6.07) is 8.10. The average molecular weight is 314 g/mol. The molecular weight excluding hydrogens is 303 g/mol. The molecule has 1 N–H and O–H groups in total. The standard InChI is InChI=1S/C16H11F5O/c17-13-5-1-11(2-6-13)9-10-15(22,16(19,20)21)12-3-7-14(18)8-4-12/h1-10,22H. The molecule has 0 spiro atoms. The van der Waals surface area contributed by atoms with Gasteiger partial charge in [0.05, 0.1) is 0 Å². The minimum atomic E-state index is -5.00. The number of aliphatic hydroxyl groups is 1. The van der Waals surface area contributed by atoms with Crippen molar-refractivity contribution in [1.82, 2.24) is 0 Å². The zero-order chi connectivity index (χ0) is 16.4. The maximum Gasteiger partial charge on any atom is 0.425 e. The van der Waals surface area contributed by atoms with Crippen LogP contribution in [0.2, 0.25) is 0 Å². The van der Waals surface area contributed by atoms with Crippen molar-refractivity contribution in [3.63, 3.8) is 0 Å². The maximum absolute atomic E-state index is 13.2. The molecule has 0 bridgehead atoms. The number of hydrogen-bond acceptors (Lipinski definition) is 1. The molecule has 2 aromatic rings. The van der Waals surface area contributed by atoms with Crippen molar-refractivity contribution in [3.8, 4) is 0 Å². The van der Waals surface area contributed by atoms with Crippen LogP contribution < -0.4 is 0 Å². The summed E-state index contributed by atoms with van der Waals surface area (Å²) >= 11 is 0. The van der Waals surface area contributed by atoms with E-state index in [9.17, 15) is 27.1 Å². The van der Waals surface area contributed by atoms with Crippen LogP contribution in [0, 0.1) is 11.6 Å². The summed E-state index contributed by atoms with van der Waals surface area (Å²) in [5.41, 5.74) is -3.50. The van der Waals surface area contributed by atoms with Crippen LogP contribution in [0.15, 0.2) is 54.6 Å². The van der Waals surface area contributed by atoms with Crippen molar-refractivity contribution in [2.75, 3.05) is 0 Å². The maximum atomic E-state index is 13.2. The highest BCUT2D eigenvalue weighted by Gasteiger charge is 2.53. The Hall–Kier alpha value is -2.21. The molecule has 6 heteroatoms. The van der Waals surface area contributed by atoms with Gasteiger partial charge in [-0.2, -0.15) is 13.2 Å². The van der Waals surface area contributed by atoms with Gasteiger partial charge in [0, 0.05) is 0 Å². The van der Waals surface area contributed by atoms with Gasteiger partial charge >= 0.3 is 6.18 Å². The van der Waals surface area contributed by atoms with Gasteiger partial charge in [-0.3, -0.25) is 0 Å². The Morgan fingerprint density at radius 2 is 1.23 bits per heavy atom. The monoisotopic (exact) mass is 314 g/mol. The minimum absolute atomic E-state index is 0.284. The molecule has 0 aliphatic rings. The first-order chi connectivity index (χ1) is 10.2. The Morgan fingerprint density at radius 3 is 1.68 bits per heavy atom. The highest BCUT2D eigenvalue weighted by atomic mass is 19.4. The number of rotatable bonds is 3. The van der Waals surface area contributed by atoms with Crippen LogP contribution >= 0.6 is 0 Å². The quantitative estimate of drug-likeness (QED) is 0.831. The first kappa shape index (κ1) is 16.2. The van der Waals surface area contributed by atoms with Crippen molar-refractivity contribution in [1.29, 1.82) is 0 Å². The van der Waals surface area contributed by atoms with Crippen molar-refractivity contribution in [2.45, 2.75) is 11.8 Å². The van der Waals surface area contributed by atoms with E-state index in [1.165, 1.54) is 12.1 Å². The van der Waals surface area contributed by atoms with Crippen LogP contribution in [0.5, 0.6) is 0 Å². The summed E-state index contributed by atoms with van der Waals surface area (Å²) in [6.07, 6.45) is -3.43. The summed E-state index contributed by atoms with van der Waals surface area (Å²) in [6.45, 7) is 0. The zero-order valence-corrected chi connectivity index (χ0v) is 11.1. The van der Waals surface area contributed by atoms with Gasteiger partial charge in [0.25, 0.3) is 0 Å². The first-order valence-electron chi connectivity index (χ1n) is 6.22. The molecule has 2 rings (SSSR count). The second-order valence-electron chi connectivity index (χ2n) is 4.66. The molecule has 0 aliphatic heterocycles. The number of hydrogen-bond donors (Lipinski definition) is 1. The molecule has 22 heavy (non-hydrogen) atoms. The fraction of sp³-hybridized carbons (Fsp3) is 0.125. The van der Waals surface area contributed by atoms with Gasteiger partial charge in [-0.25, -0.2) is 8.78 Å². The summed E-state index contributed by atoms with van der Waals surface area (Å²) in [4.78, 5) is 0. The predicted molar refractivity (Wildman–Crippen MR) is 71.8 cm³/mol. The van der Waals surface area contributed by atoms with E-state index in [4.69, 9.17) is 0 Å². The third kappa shape index (κ3) is 3.33. The lowest BCUT2D eigenvalue weighted by Crippen LogP contribution is -2.40. The molecule has 1 atom stereocenters. The Bertz CT molecular complexity index is 658. The summed E-state index contributed by atoms with van der Waals surface area (Å²) < 4.78 is 65.2. The Kier molecular flexibility index (Phi) is 4.32. The smallest absolute Gasteiger partial charge is 0.373 e. The predicted octanol–water partition coefficient (Wildman–Crippen LogP) is 4.43. The lowest BCUT2D eigenvalue weighted by atomic mass is 9.92. The van der Waals surface area contributed by atoms with Crippen LogP contribution in [-0.4, -0.2) is 11.3 Å². The topological polar surface area (TPSA) is 20.2 Å². The van der Waals surface area contributed by atoms with Crippen molar-refractivity contribution in [2.24, 2.45) is 0 Å². The van der Waals surface area contributed by atoms with E-state index in [1.54, 1.807) is 0 Å². The Morgan fingerprint density at radius 1 is 0.773 bits per heavy atom. The molecule has 0 aromatic heterocycles. The van der Waals surface area contributed by atoms with Crippen LogP contribution in [0.3, 0.4) is 0 Å². The van der Waals surface area contributed by atoms with E-state index in [-0.39, 0.29) is 5.56 Å². The molecule has 0 saturated heterocycles. The second-order valence-corrected chi connectivity index (χ2v) is 4.66. The largest absolute Gasteiger partial charge is 0.425 e. The highest BCUT2D eigenvalue weighted by molar-refractivity contribution is 5.52.